The molecule has 4 rings (SSSR count). The fraction of sp³-hybridized carbons (Fsp3) is 0.0588. The van der Waals surface area contributed by atoms with Crippen LogP contribution in [0, 0.1) is 6.92 Å². The molecule has 0 atom stereocenters. The minimum absolute atomic E-state index is 0.0576. The second kappa shape index (κ2) is 5.24. The van der Waals surface area contributed by atoms with Gasteiger partial charge in [0.15, 0.2) is 0 Å². The second-order valence-electron chi connectivity index (χ2n) is 5.30. The monoisotopic (exact) mass is 338 g/mol. The van der Waals surface area contributed by atoms with E-state index in [-0.39, 0.29) is 33.5 Å². The summed E-state index contributed by atoms with van der Waals surface area (Å²) in [6, 6.07) is 10.4. The van der Waals surface area contributed by atoms with Gasteiger partial charge < -0.3 is 9.84 Å². The maximum absolute atomic E-state index is 12.6. The lowest BCUT2D eigenvalue weighted by Crippen LogP contribution is -2.17. The highest BCUT2D eigenvalue weighted by Gasteiger charge is 2.38. The highest BCUT2D eigenvalue weighted by atomic mass is 32.1. The van der Waals surface area contributed by atoms with Crippen LogP contribution in [0.15, 0.2) is 40.9 Å². The number of amides is 1. The van der Waals surface area contributed by atoms with E-state index < -0.39 is 5.78 Å². The maximum atomic E-state index is 12.6. The first-order valence-corrected chi connectivity index (χ1v) is 7.94. The van der Waals surface area contributed by atoms with Crippen LogP contribution in [0.4, 0.5) is 5.69 Å². The topological polar surface area (TPSA) is 89.3 Å². The molecule has 0 aliphatic heterocycles. The Balaban J connectivity index is 1.71. The molecule has 1 aliphatic carbocycles. The minimum Gasteiger partial charge on any atom is -0.352 e. The number of fused-ring (bicyclic) bond motifs is 2. The quantitative estimate of drug-likeness (QED) is 0.607. The lowest BCUT2D eigenvalue weighted by Gasteiger charge is -2.07. The van der Waals surface area contributed by atoms with Crippen molar-refractivity contribution in [3.63, 3.8) is 0 Å². The van der Waals surface area contributed by atoms with Gasteiger partial charge in [-0.25, -0.2) is 0 Å². The van der Waals surface area contributed by atoms with Crippen molar-refractivity contribution in [3.05, 3.63) is 68.7 Å². The fourth-order valence-electron chi connectivity index (χ4n) is 2.58. The lowest BCUT2D eigenvalue weighted by atomic mass is 9.93. The van der Waals surface area contributed by atoms with Gasteiger partial charge in [0.2, 0.25) is 17.3 Å². The van der Waals surface area contributed by atoms with Crippen LogP contribution in [-0.2, 0) is 0 Å². The summed E-state index contributed by atoms with van der Waals surface area (Å²) in [5.41, 5.74) is 1.38. The molecule has 2 aromatic heterocycles. The standard InChI is InChI=1S/C17H10N2O4S/c1-8-12-14(21)16-10(13(20)15(12)23-19-8)7-11(24-16)17(22)18-9-5-3-2-4-6-9/h2-7H,1H3,(H,18,22). The zero-order valence-electron chi connectivity index (χ0n) is 12.5. The average Bonchev–Trinajstić information content (AvgIpc) is 3.18. The number of thiophene rings is 1. The summed E-state index contributed by atoms with van der Waals surface area (Å²) in [4.78, 5) is 37.9. The van der Waals surface area contributed by atoms with E-state index in [9.17, 15) is 14.4 Å². The number of nitrogens with zero attached hydrogens (tertiary/aromatic N) is 1. The van der Waals surface area contributed by atoms with Crippen molar-refractivity contribution in [1.82, 2.24) is 5.16 Å². The van der Waals surface area contributed by atoms with E-state index in [1.54, 1.807) is 31.2 Å². The number of carbonyl (C=O) groups is 3. The van der Waals surface area contributed by atoms with Gasteiger partial charge in [0, 0.05) is 11.3 Å². The summed E-state index contributed by atoms with van der Waals surface area (Å²) in [5, 5.41) is 6.42. The molecule has 0 spiro atoms. The van der Waals surface area contributed by atoms with Gasteiger partial charge in [-0.05, 0) is 25.1 Å². The number of carbonyl (C=O) groups excluding carboxylic acids is 3. The molecule has 2 heterocycles. The second-order valence-corrected chi connectivity index (χ2v) is 6.36. The number of rotatable bonds is 2. The SMILES string of the molecule is Cc1noc2c1C(=O)c1sc(C(=O)Nc3ccccc3)cc1C2=O. The first-order valence-electron chi connectivity index (χ1n) is 7.12. The van der Waals surface area contributed by atoms with Gasteiger partial charge >= 0.3 is 0 Å². The van der Waals surface area contributed by atoms with Crippen LogP contribution >= 0.6 is 11.3 Å². The number of aromatic nitrogens is 1. The van der Waals surface area contributed by atoms with Crippen molar-refractivity contribution < 1.29 is 18.9 Å². The van der Waals surface area contributed by atoms with Gasteiger partial charge in [-0.3, -0.25) is 14.4 Å². The van der Waals surface area contributed by atoms with Gasteiger partial charge in [-0.15, -0.1) is 11.3 Å². The zero-order chi connectivity index (χ0) is 16.8. The number of hydrogen-bond donors (Lipinski definition) is 1. The van der Waals surface area contributed by atoms with Crippen LogP contribution in [-0.4, -0.2) is 22.6 Å². The molecule has 7 heteroatoms. The molecule has 0 radical (unpaired) electrons. The fourth-order valence-corrected chi connectivity index (χ4v) is 3.58. The van der Waals surface area contributed by atoms with Crippen molar-refractivity contribution >= 4 is 34.5 Å². The first kappa shape index (κ1) is 14.5. The molecule has 0 unspecified atom stereocenters. The van der Waals surface area contributed by atoms with Crippen LogP contribution < -0.4 is 5.32 Å². The van der Waals surface area contributed by atoms with E-state index in [4.69, 9.17) is 4.52 Å². The maximum Gasteiger partial charge on any atom is 0.265 e. The Morgan fingerprint density at radius 2 is 1.92 bits per heavy atom. The van der Waals surface area contributed by atoms with Crippen LogP contribution in [0.25, 0.3) is 0 Å². The molecule has 1 amide bonds. The summed E-state index contributed by atoms with van der Waals surface area (Å²) < 4.78 is 4.98. The molecule has 0 saturated carbocycles. The van der Waals surface area contributed by atoms with E-state index in [1.807, 2.05) is 6.07 Å². The number of para-hydroxylation sites is 1. The zero-order valence-corrected chi connectivity index (χ0v) is 13.3. The highest BCUT2D eigenvalue weighted by Crippen LogP contribution is 2.34. The van der Waals surface area contributed by atoms with E-state index in [0.29, 0.717) is 16.3 Å². The Morgan fingerprint density at radius 1 is 1.17 bits per heavy atom. The van der Waals surface area contributed by atoms with Gasteiger partial charge in [-0.1, -0.05) is 23.4 Å². The summed E-state index contributed by atoms with van der Waals surface area (Å²) in [6.07, 6.45) is 0. The Labute approximate surface area is 140 Å². The third-order valence-corrected chi connectivity index (χ3v) is 4.87. The summed E-state index contributed by atoms with van der Waals surface area (Å²) in [7, 11) is 0. The molecule has 1 aromatic carbocycles. The largest absolute Gasteiger partial charge is 0.352 e. The summed E-state index contributed by atoms with van der Waals surface area (Å²) >= 11 is 0.998. The normalized spacial score (nSPS) is 12.7. The molecular weight excluding hydrogens is 328 g/mol. The Kier molecular flexibility index (Phi) is 3.17. The van der Waals surface area contributed by atoms with E-state index in [0.717, 1.165) is 11.3 Å². The van der Waals surface area contributed by atoms with Crippen molar-refractivity contribution in [2.24, 2.45) is 0 Å². The third kappa shape index (κ3) is 2.10. The van der Waals surface area contributed by atoms with Crippen LogP contribution in [0.1, 0.15) is 46.7 Å². The Bertz CT molecular complexity index is 1000. The molecule has 3 aromatic rings. The predicted octanol–water partition coefficient (Wildman–Crippen LogP) is 3.07. The number of aryl methyl sites for hydroxylation is 1. The molecule has 0 saturated heterocycles. The molecule has 24 heavy (non-hydrogen) atoms. The molecule has 0 fully saturated rings. The lowest BCUT2D eigenvalue weighted by molar-refractivity contribution is 0.0957. The molecule has 118 valence electrons. The minimum atomic E-state index is -0.421. The Morgan fingerprint density at radius 3 is 2.67 bits per heavy atom. The summed E-state index contributed by atoms with van der Waals surface area (Å²) in [5.74, 6) is -1.18. The van der Waals surface area contributed by atoms with Crippen molar-refractivity contribution in [3.8, 4) is 0 Å². The molecule has 0 bridgehead atoms. The third-order valence-electron chi connectivity index (χ3n) is 3.73. The average molecular weight is 338 g/mol. The summed E-state index contributed by atoms with van der Waals surface area (Å²) in [6.45, 7) is 1.61. The number of hydrogen-bond acceptors (Lipinski definition) is 6. The first-order chi connectivity index (χ1) is 11.6. The molecule has 1 N–H and O–H groups in total. The number of nitrogens with one attached hydrogen (secondary N) is 1. The molecule has 6 nitrogen and oxygen atoms in total. The highest BCUT2D eigenvalue weighted by molar-refractivity contribution is 7.16. The molecular formula is C17H10N2O4S. The van der Waals surface area contributed by atoms with E-state index in [2.05, 4.69) is 10.5 Å². The van der Waals surface area contributed by atoms with E-state index >= 15 is 0 Å². The van der Waals surface area contributed by atoms with Crippen LogP contribution in [0.3, 0.4) is 0 Å². The predicted molar refractivity (Wildman–Crippen MR) is 86.8 cm³/mol. The number of ketones is 2. The van der Waals surface area contributed by atoms with Gasteiger partial charge in [0.25, 0.3) is 5.91 Å². The van der Waals surface area contributed by atoms with Gasteiger partial charge in [-0.2, -0.15) is 0 Å². The van der Waals surface area contributed by atoms with E-state index in [1.165, 1.54) is 6.07 Å². The number of benzene rings is 1. The van der Waals surface area contributed by atoms with Crippen LogP contribution in [0.5, 0.6) is 0 Å². The molecule has 1 aliphatic rings. The Hall–Kier alpha value is -3.06. The van der Waals surface area contributed by atoms with Gasteiger partial charge in [0.05, 0.1) is 21.0 Å². The number of anilines is 1. The van der Waals surface area contributed by atoms with Crippen molar-refractivity contribution in [2.75, 3.05) is 5.32 Å². The smallest absolute Gasteiger partial charge is 0.265 e. The van der Waals surface area contributed by atoms with Gasteiger partial charge in [0.1, 0.15) is 0 Å². The van der Waals surface area contributed by atoms with Crippen LogP contribution in [0.2, 0.25) is 0 Å². The van der Waals surface area contributed by atoms with Crippen molar-refractivity contribution in [2.45, 2.75) is 6.92 Å². The van der Waals surface area contributed by atoms with Crippen molar-refractivity contribution in [1.29, 1.82) is 0 Å².